The van der Waals surface area contributed by atoms with Gasteiger partial charge in [0.1, 0.15) is 0 Å². The van der Waals surface area contributed by atoms with Crippen LogP contribution in [0.15, 0.2) is 18.2 Å². The van der Waals surface area contributed by atoms with Crippen LogP contribution in [0.3, 0.4) is 0 Å². The van der Waals surface area contributed by atoms with Gasteiger partial charge in [0, 0.05) is 12.6 Å². The maximum absolute atomic E-state index is 12.2. The molecule has 0 fully saturated rings. The summed E-state index contributed by atoms with van der Waals surface area (Å²) in [5, 5.41) is 9.42. The number of hydrogen-bond acceptors (Lipinski definition) is 2. The quantitative estimate of drug-likeness (QED) is 0.898. The number of nitrogens with zero attached hydrogens (tertiary/aromatic N) is 1. The maximum atomic E-state index is 12.2. The second-order valence-corrected chi connectivity index (χ2v) is 4.71. The molecule has 17 heavy (non-hydrogen) atoms. The van der Waals surface area contributed by atoms with Crippen LogP contribution in [0.4, 0.5) is 0 Å². The molecule has 0 spiro atoms. The van der Waals surface area contributed by atoms with Crippen LogP contribution in [-0.2, 0) is 0 Å². The van der Waals surface area contributed by atoms with E-state index in [1.165, 1.54) is 0 Å². The zero-order chi connectivity index (χ0) is 13.0. The Kier molecular flexibility index (Phi) is 4.97. The van der Waals surface area contributed by atoms with E-state index in [0.717, 1.165) is 5.56 Å². The van der Waals surface area contributed by atoms with Crippen molar-refractivity contribution in [3.05, 3.63) is 34.3 Å². The molecule has 0 saturated heterocycles. The Bertz CT molecular complexity index is 404. The average Bonchev–Trinajstić information content (AvgIpc) is 2.24. The smallest absolute Gasteiger partial charge is 0.255 e. The van der Waals surface area contributed by atoms with Crippen LogP contribution in [0.1, 0.15) is 29.8 Å². The van der Waals surface area contributed by atoms with E-state index in [4.69, 9.17) is 16.7 Å². The molecule has 0 aliphatic rings. The highest BCUT2D eigenvalue weighted by Crippen LogP contribution is 2.20. The van der Waals surface area contributed by atoms with Gasteiger partial charge in [-0.2, -0.15) is 0 Å². The fourth-order valence-corrected chi connectivity index (χ4v) is 1.97. The molecule has 94 valence electrons. The first-order valence-electron chi connectivity index (χ1n) is 5.65. The number of aliphatic hydroxyl groups is 1. The summed E-state index contributed by atoms with van der Waals surface area (Å²) in [5.41, 5.74) is 1.50. The number of amides is 1. The number of carbonyl (C=O) groups is 1. The normalized spacial score (nSPS) is 10.7. The molecule has 0 aromatic heterocycles. The van der Waals surface area contributed by atoms with E-state index in [0.29, 0.717) is 17.1 Å². The zero-order valence-corrected chi connectivity index (χ0v) is 11.2. The van der Waals surface area contributed by atoms with Gasteiger partial charge in [-0.15, -0.1) is 0 Å². The Morgan fingerprint density at radius 1 is 1.47 bits per heavy atom. The fraction of sp³-hybridized carbons (Fsp3) is 0.462. The molecule has 0 atom stereocenters. The van der Waals surface area contributed by atoms with Gasteiger partial charge in [-0.3, -0.25) is 4.79 Å². The first kappa shape index (κ1) is 14.0. The van der Waals surface area contributed by atoms with E-state index in [2.05, 4.69) is 0 Å². The lowest BCUT2D eigenvalue weighted by Gasteiger charge is -2.26. The summed E-state index contributed by atoms with van der Waals surface area (Å²) < 4.78 is 0. The molecule has 4 heteroatoms. The summed E-state index contributed by atoms with van der Waals surface area (Å²) in [6, 6.07) is 5.39. The molecule has 0 unspecified atom stereocenters. The molecular weight excluding hydrogens is 238 g/mol. The van der Waals surface area contributed by atoms with E-state index < -0.39 is 0 Å². The molecule has 0 radical (unpaired) electrons. The first-order valence-corrected chi connectivity index (χ1v) is 6.03. The van der Waals surface area contributed by atoms with Crippen molar-refractivity contribution in [2.24, 2.45) is 0 Å². The van der Waals surface area contributed by atoms with E-state index in [1.807, 2.05) is 26.8 Å². The predicted octanol–water partition coefficient (Wildman–Crippen LogP) is 2.49. The number of benzene rings is 1. The van der Waals surface area contributed by atoms with E-state index >= 15 is 0 Å². The highest BCUT2D eigenvalue weighted by molar-refractivity contribution is 6.33. The summed E-state index contributed by atoms with van der Waals surface area (Å²) in [5.74, 6) is -0.140. The van der Waals surface area contributed by atoms with E-state index in [9.17, 15) is 4.79 Å². The molecule has 0 aliphatic carbocycles. The molecule has 3 nitrogen and oxygen atoms in total. The summed E-state index contributed by atoms with van der Waals surface area (Å²) in [7, 11) is 0. The number of aryl methyl sites for hydroxylation is 1. The molecule has 0 saturated carbocycles. The predicted molar refractivity (Wildman–Crippen MR) is 69.4 cm³/mol. The monoisotopic (exact) mass is 255 g/mol. The molecule has 1 aromatic rings. The lowest BCUT2D eigenvalue weighted by molar-refractivity contribution is 0.0665. The van der Waals surface area contributed by atoms with Gasteiger partial charge < -0.3 is 10.0 Å². The number of rotatable bonds is 4. The Labute approximate surface area is 107 Å². The van der Waals surface area contributed by atoms with Crippen LogP contribution in [0.2, 0.25) is 5.02 Å². The summed E-state index contributed by atoms with van der Waals surface area (Å²) in [6.07, 6.45) is 0. The minimum Gasteiger partial charge on any atom is -0.395 e. The maximum Gasteiger partial charge on any atom is 0.255 e. The van der Waals surface area contributed by atoms with Gasteiger partial charge in [0.2, 0.25) is 0 Å². The van der Waals surface area contributed by atoms with Crippen LogP contribution in [0, 0.1) is 6.92 Å². The van der Waals surface area contributed by atoms with Gasteiger partial charge in [0.15, 0.2) is 0 Å². The Morgan fingerprint density at radius 3 is 2.59 bits per heavy atom. The molecular formula is C13H18ClNO2. The standard InChI is InChI=1S/C13H18ClNO2/c1-9(2)15(6-7-16)13(17)11-5-4-10(3)8-12(11)14/h4-5,8-9,16H,6-7H2,1-3H3. The van der Waals surface area contributed by atoms with Gasteiger partial charge in [-0.25, -0.2) is 0 Å². The SMILES string of the molecule is Cc1ccc(C(=O)N(CCO)C(C)C)c(Cl)c1. The second kappa shape index (κ2) is 6.03. The van der Waals surface area contributed by atoms with Crippen molar-refractivity contribution in [3.63, 3.8) is 0 Å². The molecule has 1 amide bonds. The van der Waals surface area contributed by atoms with Crippen LogP contribution >= 0.6 is 11.6 Å². The summed E-state index contributed by atoms with van der Waals surface area (Å²) in [4.78, 5) is 13.8. The number of carbonyl (C=O) groups excluding carboxylic acids is 1. The van der Waals surface area contributed by atoms with Gasteiger partial charge >= 0.3 is 0 Å². The highest BCUT2D eigenvalue weighted by Gasteiger charge is 2.20. The Morgan fingerprint density at radius 2 is 2.12 bits per heavy atom. The molecule has 1 N–H and O–H groups in total. The van der Waals surface area contributed by atoms with Gasteiger partial charge in [0.25, 0.3) is 5.91 Å². The van der Waals surface area contributed by atoms with Crippen molar-refractivity contribution in [1.82, 2.24) is 4.90 Å². The van der Waals surface area contributed by atoms with Crippen molar-refractivity contribution >= 4 is 17.5 Å². The van der Waals surface area contributed by atoms with Crippen LogP contribution in [-0.4, -0.2) is 35.1 Å². The van der Waals surface area contributed by atoms with Crippen molar-refractivity contribution in [2.45, 2.75) is 26.8 Å². The van der Waals surface area contributed by atoms with Crippen LogP contribution < -0.4 is 0 Å². The Balaban J connectivity index is 3.01. The average molecular weight is 256 g/mol. The van der Waals surface area contributed by atoms with Gasteiger partial charge in [0.05, 0.1) is 17.2 Å². The number of hydrogen-bond donors (Lipinski definition) is 1. The molecule has 1 aromatic carbocycles. The second-order valence-electron chi connectivity index (χ2n) is 4.30. The Hall–Kier alpha value is -1.06. The van der Waals surface area contributed by atoms with Crippen molar-refractivity contribution in [3.8, 4) is 0 Å². The van der Waals surface area contributed by atoms with E-state index in [1.54, 1.807) is 17.0 Å². The minimum atomic E-state index is -0.140. The third-order valence-electron chi connectivity index (χ3n) is 2.58. The molecule has 0 bridgehead atoms. The summed E-state index contributed by atoms with van der Waals surface area (Å²) in [6.45, 7) is 6.02. The fourth-order valence-electron chi connectivity index (χ4n) is 1.65. The van der Waals surface area contributed by atoms with Crippen LogP contribution in [0.5, 0.6) is 0 Å². The summed E-state index contributed by atoms with van der Waals surface area (Å²) >= 11 is 6.06. The minimum absolute atomic E-state index is 0.0343. The lowest BCUT2D eigenvalue weighted by atomic mass is 10.1. The molecule has 0 heterocycles. The molecule has 1 rings (SSSR count). The van der Waals surface area contributed by atoms with Crippen molar-refractivity contribution < 1.29 is 9.90 Å². The third-order valence-corrected chi connectivity index (χ3v) is 2.89. The third kappa shape index (κ3) is 3.45. The van der Waals surface area contributed by atoms with Gasteiger partial charge in [-0.1, -0.05) is 17.7 Å². The number of halogens is 1. The highest BCUT2D eigenvalue weighted by atomic mass is 35.5. The van der Waals surface area contributed by atoms with Crippen molar-refractivity contribution in [2.75, 3.05) is 13.2 Å². The largest absolute Gasteiger partial charge is 0.395 e. The van der Waals surface area contributed by atoms with Crippen LogP contribution in [0.25, 0.3) is 0 Å². The zero-order valence-electron chi connectivity index (χ0n) is 10.4. The van der Waals surface area contributed by atoms with Crippen molar-refractivity contribution in [1.29, 1.82) is 0 Å². The lowest BCUT2D eigenvalue weighted by Crippen LogP contribution is -2.39. The van der Waals surface area contributed by atoms with Gasteiger partial charge in [-0.05, 0) is 38.5 Å². The first-order chi connectivity index (χ1) is 7.97. The topological polar surface area (TPSA) is 40.5 Å². The van der Waals surface area contributed by atoms with E-state index in [-0.39, 0.29) is 18.6 Å². The molecule has 0 aliphatic heterocycles. The number of aliphatic hydroxyl groups excluding tert-OH is 1.